The number of hydrogen-bond donors (Lipinski definition) is 0. The molecule has 0 radical (unpaired) electrons. The van der Waals surface area contributed by atoms with E-state index in [1.54, 1.807) is 72.8 Å². The van der Waals surface area contributed by atoms with Crippen molar-refractivity contribution in [1.29, 1.82) is 0 Å². The van der Waals surface area contributed by atoms with Crippen molar-refractivity contribution in [1.82, 2.24) is 0 Å². The fraction of sp³-hybridized carbons (Fsp3) is 0.235. The summed E-state index contributed by atoms with van der Waals surface area (Å²) in [7, 11) is 0. The van der Waals surface area contributed by atoms with Crippen molar-refractivity contribution in [3.8, 4) is 0 Å². The lowest BCUT2D eigenvalue weighted by Crippen LogP contribution is -1.92. The van der Waals surface area contributed by atoms with E-state index >= 15 is 17.6 Å². The Labute approximate surface area is 222 Å². The molecule has 0 amide bonds. The predicted molar refractivity (Wildman–Crippen MR) is 152 cm³/mol. The normalized spacial score (nSPS) is 12.9. The molecule has 0 atom stereocenters. The number of unbranched alkanes of at least 4 members (excludes halogenated alkanes) is 2. The molecule has 0 nitrogen and oxygen atoms in total. The summed E-state index contributed by atoms with van der Waals surface area (Å²) in [6.45, 7) is 4.20. The first-order valence-corrected chi connectivity index (χ1v) is 13.3. The van der Waals surface area contributed by atoms with E-state index < -0.39 is 23.3 Å². The predicted octanol–water partition coefficient (Wildman–Crippen LogP) is 11.1. The lowest BCUT2D eigenvalue weighted by molar-refractivity contribution is 0.699. The van der Waals surface area contributed by atoms with Crippen molar-refractivity contribution in [2.24, 2.45) is 0 Å². The minimum Gasteiger partial charge on any atom is -0.203 e. The smallest absolute Gasteiger partial charge is 0.167 e. The molecule has 0 fully saturated rings. The van der Waals surface area contributed by atoms with Gasteiger partial charge in [-0.15, -0.1) is 0 Å². The fourth-order valence-electron chi connectivity index (χ4n) is 4.57. The Kier molecular flexibility index (Phi) is 9.17. The topological polar surface area (TPSA) is 0 Å². The van der Waals surface area contributed by atoms with Crippen LogP contribution in [0.1, 0.15) is 72.9 Å². The van der Waals surface area contributed by atoms with Gasteiger partial charge in [0, 0.05) is 22.3 Å². The Bertz CT molecular complexity index is 1330. The summed E-state index contributed by atoms with van der Waals surface area (Å²) in [5.74, 6) is -4.06. The minimum absolute atomic E-state index is 0.00889. The van der Waals surface area contributed by atoms with E-state index in [1.165, 1.54) is 12.1 Å². The largest absolute Gasteiger partial charge is 0.203 e. The molecule has 0 aliphatic heterocycles. The molecule has 0 spiro atoms. The van der Waals surface area contributed by atoms with E-state index in [-0.39, 0.29) is 22.3 Å². The van der Waals surface area contributed by atoms with E-state index in [2.05, 4.69) is 13.8 Å². The van der Waals surface area contributed by atoms with Gasteiger partial charge < -0.3 is 0 Å². The molecule has 196 valence electrons. The lowest BCUT2D eigenvalue weighted by atomic mass is 9.96. The van der Waals surface area contributed by atoms with Crippen LogP contribution in [0.5, 0.6) is 0 Å². The highest BCUT2D eigenvalue weighted by molar-refractivity contribution is 6.03. The number of aryl methyl sites for hydroxylation is 2. The Hall–Kier alpha value is -3.66. The highest BCUT2D eigenvalue weighted by atomic mass is 19.2. The third-order valence-electron chi connectivity index (χ3n) is 6.84. The van der Waals surface area contributed by atoms with Gasteiger partial charge >= 0.3 is 0 Å². The minimum atomic E-state index is -1.04. The van der Waals surface area contributed by atoms with E-state index in [9.17, 15) is 0 Å². The number of rotatable bonds is 10. The average molecular weight is 517 g/mol. The maximum absolute atomic E-state index is 15.5. The maximum atomic E-state index is 15.5. The van der Waals surface area contributed by atoms with Crippen LogP contribution in [0.4, 0.5) is 17.6 Å². The van der Waals surface area contributed by atoms with Crippen molar-refractivity contribution in [2.75, 3.05) is 0 Å². The van der Waals surface area contributed by atoms with E-state index in [1.807, 2.05) is 0 Å². The van der Waals surface area contributed by atoms with Gasteiger partial charge in [-0.05, 0) is 47.6 Å². The van der Waals surface area contributed by atoms with E-state index in [4.69, 9.17) is 0 Å². The molecule has 0 saturated carbocycles. The van der Waals surface area contributed by atoms with Gasteiger partial charge in [0.05, 0.1) is 0 Å². The number of hydrogen-bond acceptors (Lipinski definition) is 0. The van der Waals surface area contributed by atoms with Gasteiger partial charge in [0.2, 0.25) is 0 Å². The second-order valence-corrected chi connectivity index (χ2v) is 9.56. The second kappa shape index (κ2) is 12.7. The highest BCUT2D eigenvalue weighted by Gasteiger charge is 2.19. The van der Waals surface area contributed by atoms with Gasteiger partial charge in [-0.3, -0.25) is 0 Å². The molecule has 4 rings (SSSR count). The molecule has 4 aromatic rings. The van der Waals surface area contributed by atoms with Crippen LogP contribution >= 0.6 is 0 Å². The molecular formula is C34H32F4. The fourth-order valence-corrected chi connectivity index (χ4v) is 4.57. The summed E-state index contributed by atoms with van der Waals surface area (Å²) in [5, 5.41) is 0.602. The van der Waals surface area contributed by atoms with E-state index in [0.717, 1.165) is 49.7 Å². The van der Waals surface area contributed by atoms with Crippen LogP contribution in [-0.2, 0) is 12.8 Å². The van der Waals surface area contributed by atoms with Crippen molar-refractivity contribution in [2.45, 2.75) is 52.4 Å². The van der Waals surface area contributed by atoms with Crippen LogP contribution < -0.4 is 0 Å². The van der Waals surface area contributed by atoms with Crippen LogP contribution in [0.15, 0.2) is 84.9 Å². The first-order chi connectivity index (χ1) is 18.4. The average Bonchev–Trinajstić information content (AvgIpc) is 2.97. The molecule has 0 heterocycles. The number of fused-ring (bicyclic) bond motifs is 1. The number of benzene rings is 4. The number of halogens is 4. The van der Waals surface area contributed by atoms with Crippen LogP contribution in [0.25, 0.3) is 34.1 Å². The first kappa shape index (κ1) is 27.4. The molecular weight excluding hydrogens is 484 g/mol. The third kappa shape index (κ3) is 6.07. The quantitative estimate of drug-likeness (QED) is 0.145. The monoisotopic (exact) mass is 516 g/mol. The second-order valence-electron chi connectivity index (χ2n) is 9.56. The maximum Gasteiger partial charge on any atom is 0.167 e. The van der Waals surface area contributed by atoms with E-state index in [0.29, 0.717) is 10.8 Å². The van der Waals surface area contributed by atoms with Crippen molar-refractivity contribution in [3.05, 3.63) is 118 Å². The van der Waals surface area contributed by atoms with Gasteiger partial charge in [0.15, 0.2) is 23.3 Å². The molecule has 0 unspecified atom stereocenters. The standard InChI is InChI=1S/C34H32F4/c1-3-5-9-23-13-17-25(18-14-23)31(35)33(37)29-21-22-30(28-12-8-7-11-27(28)29)34(38)32(36)26-19-15-24(16-20-26)10-6-4-2/h7-8,11-22H,3-6,9-10H2,1-2H3/b33-31+,34-32+. The van der Waals surface area contributed by atoms with Crippen molar-refractivity contribution < 1.29 is 17.6 Å². The van der Waals surface area contributed by atoms with Gasteiger partial charge in [0.25, 0.3) is 0 Å². The lowest BCUT2D eigenvalue weighted by Gasteiger charge is -2.11. The van der Waals surface area contributed by atoms with Gasteiger partial charge in [-0.25, -0.2) is 17.6 Å². The summed E-state index contributed by atoms with van der Waals surface area (Å²) in [6.07, 6.45) is 5.93. The van der Waals surface area contributed by atoms with Crippen LogP contribution in [0, 0.1) is 0 Å². The summed E-state index contributed by atoms with van der Waals surface area (Å²) in [6, 6.07) is 22.6. The Balaban J connectivity index is 1.71. The first-order valence-electron chi connectivity index (χ1n) is 13.3. The zero-order chi connectivity index (χ0) is 27.1. The molecule has 0 bridgehead atoms. The molecule has 0 aliphatic rings. The zero-order valence-corrected chi connectivity index (χ0v) is 21.8. The SMILES string of the molecule is CCCCc1ccc(/C(F)=C(\F)c2ccc(/C(F)=C(\F)c3ccc(CCCC)cc3)c3ccccc23)cc1. The van der Waals surface area contributed by atoms with Gasteiger partial charge in [-0.2, -0.15) is 0 Å². The van der Waals surface area contributed by atoms with Gasteiger partial charge in [0.1, 0.15) is 0 Å². The molecule has 4 aromatic carbocycles. The summed E-state index contributed by atoms with van der Waals surface area (Å²) in [4.78, 5) is 0. The van der Waals surface area contributed by atoms with Crippen LogP contribution in [0.3, 0.4) is 0 Å². The van der Waals surface area contributed by atoms with Crippen LogP contribution in [0.2, 0.25) is 0 Å². The Morgan fingerprint density at radius 2 is 0.842 bits per heavy atom. The molecule has 0 saturated heterocycles. The molecule has 0 aliphatic carbocycles. The highest BCUT2D eigenvalue weighted by Crippen LogP contribution is 2.38. The molecule has 0 N–H and O–H groups in total. The summed E-state index contributed by atoms with van der Waals surface area (Å²) >= 11 is 0. The Morgan fingerprint density at radius 1 is 0.474 bits per heavy atom. The molecule has 0 aromatic heterocycles. The summed E-state index contributed by atoms with van der Waals surface area (Å²) < 4.78 is 61.3. The summed E-state index contributed by atoms with van der Waals surface area (Å²) in [5.41, 5.74) is 2.39. The molecule has 38 heavy (non-hydrogen) atoms. The Morgan fingerprint density at radius 3 is 1.18 bits per heavy atom. The van der Waals surface area contributed by atoms with Crippen molar-refractivity contribution in [3.63, 3.8) is 0 Å². The zero-order valence-electron chi connectivity index (χ0n) is 21.8. The third-order valence-corrected chi connectivity index (χ3v) is 6.84. The van der Waals surface area contributed by atoms with Gasteiger partial charge in [-0.1, -0.05) is 112 Å². The van der Waals surface area contributed by atoms with Crippen LogP contribution in [-0.4, -0.2) is 0 Å². The molecule has 4 heteroatoms. The van der Waals surface area contributed by atoms with Crippen molar-refractivity contribution >= 4 is 34.1 Å².